The molecular formula is C24H29Cl3N9Os-2. The van der Waals surface area contributed by atoms with Crippen LogP contribution in [0.1, 0.15) is 0 Å². The van der Waals surface area contributed by atoms with Crippen LogP contribution in [0.2, 0.25) is 0 Å². The molecule has 0 aliphatic rings. The first kappa shape index (κ1) is 34.2. The monoisotopic (exact) mass is 740 g/mol. The Labute approximate surface area is 244 Å². The molecule has 0 fully saturated rings. The third kappa shape index (κ3) is 10.6. The van der Waals surface area contributed by atoms with Gasteiger partial charge in [0.15, 0.2) is 11.6 Å². The Morgan fingerprint density at radius 1 is 0.595 bits per heavy atom. The number of rotatable bonds is 3. The summed E-state index contributed by atoms with van der Waals surface area (Å²) in [6.45, 7) is 0. The first-order valence-corrected chi connectivity index (χ1v) is 13.7. The SMILES string of the molecule is CN(C)c1nccn1C.Cn1ccnc1-c1ccccn1.Cn1ccnc1-c1ccccn1.[Cl-].[Cl-].[Cl][Os]. The number of halogens is 3. The van der Waals surface area contributed by atoms with Gasteiger partial charge in [-0.15, -0.1) is 0 Å². The van der Waals surface area contributed by atoms with Gasteiger partial charge in [-0.05, 0) is 24.3 Å². The van der Waals surface area contributed by atoms with Gasteiger partial charge >= 0.3 is 27.2 Å². The number of nitrogens with zero attached hydrogens (tertiary/aromatic N) is 9. The van der Waals surface area contributed by atoms with E-state index in [1.165, 1.54) is 17.6 Å². The van der Waals surface area contributed by atoms with Gasteiger partial charge in [-0.25, -0.2) is 15.0 Å². The van der Waals surface area contributed by atoms with Crippen LogP contribution < -0.4 is 29.7 Å². The predicted octanol–water partition coefficient (Wildman–Crippen LogP) is -1.85. The second-order valence-electron chi connectivity index (χ2n) is 7.39. The van der Waals surface area contributed by atoms with Crippen molar-refractivity contribution < 1.29 is 42.4 Å². The summed E-state index contributed by atoms with van der Waals surface area (Å²) in [7, 11) is 14.5. The Morgan fingerprint density at radius 3 is 1.24 bits per heavy atom. The first-order valence-electron chi connectivity index (χ1n) is 10.5. The number of imidazole rings is 3. The summed E-state index contributed by atoms with van der Waals surface area (Å²) in [5, 5.41) is 0. The van der Waals surface area contributed by atoms with Crippen molar-refractivity contribution in [3.63, 3.8) is 0 Å². The Bertz CT molecular complexity index is 1170. The molecule has 0 atom stereocenters. The molecule has 5 aromatic heterocycles. The molecule has 5 rings (SSSR count). The minimum absolute atomic E-state index is 0. The van der Waals surface area contributed by atoms with Crippen molar-refractivity contribution in [3.05, 3.63) is 86.0 Å². The van der Waals surface area contributed by atoms with E-state index in [0.29, 0.717) is 0 Å². The zero-order valence-electron chi connectivity index (χ0n) is 21.1. The van der Waals surface area contributed by atoms with E-state index in [1.54, 1.807) is 31.0 Å². The van der Waals surface area contributed by atoms with E-state index >= 15 is 0 Å². The Kier molecular flexibility index (Phi) is 17.1. The van der Waals surface area contributed by atoms with Crippen LogP contribution in [-0.2, 0) is 38.7 Å². The molecule has 5 aromatic rings. The van der Waals surface area contributed by atoms with Gasteiger partial charge in [-0.2, -0.15) is 0 Å². The second-order valence-corrected chi connectivity index (χ2v) is 7.39. The molecule has 0 saturated carbocycles. The van der Waals surface area contributed by atoms with Crippen molar-refractivity contribution in [1.29, 1.82) is 0 Å². The van der Waals surface area contributed by atoms with E-state index in [4.69, 9.17) is 0 Å². The number of aryl methyl sites for hydroxylation is 3. The normalized spacial score (nSPS) is 9.05. The van der Waals surface area contributed by atoms with E-state index in [-0.39, 0.29) is 24.8 Å². The molecule has 37 heavy (non-hydrogen) atoms. The molecule has 0 radical (unpaired) electrons. The van der Waals surface area contributed by atoms with Crippen LogP contribution in [0.5, 0.6) is 0 Å². The van der Waals surface area contributed by atoms with Gasteiger partial charge in [0.25, 0.3) is 0 Å². The van der Waals surface area contributed by atoms with Gasteiger partial charge in [0.1, 0.15) is 11.4 Å². The summed E-state index contributed by atoms with van der Waals surface area (Å²) >= 11 is 1.33. The van der Waals surface area contributed by atoms with E-state index in [9.17, 15) is 0 Å². The molecular weight excluding hydrogens is 711 g/mol. The molecule has 9 nitrogen and oxygen atoms in total. The number of aromatic nitrogens is 8. The van der Waals surface area contributed by atoms with E-state index < -0.39 is 0 Å². The quantitative estimate of drug-likeness (QED) is 0.216. The van der Waals surface area contributed by atoms with Crippen LogP contribution in [0.25, 0.3) is 23.0 Å². The van der Waals surface area contributed by atoms with Crippen LogP contribution in [0.3, 0.4) is 0 Å². The van der Waals surface area contributed by atoms with Gasteiger partial charge in [0.05, 0.1) is 0 Å². The van der Waals surface area contributed by atoms with Gasteiger partial charge in [-0.3, -0.25) is 9.97 Å². The van der Waals surface area contributed by atoms with Crippen molar-refractivity contribution in [3.8, 4) is 23.0 Å². The van der Waals surface area contributed by atoms with Crippen molar-refractivity contribution >= 4 is 15.6 Å². The topological polar surface area (TPSA) is 82.5 Å². The van der Waals surface area contributed by atoms with Crippen LogP contribution in [-0.4, -0.2) is 52.7 Å². The van der Waals surface area contributed by atoms with Gasteiger partial charge in [-0.1, -0.05) is 12.1 Å². The van der Waals surface area contributed by atoms with E-state index in [1.807, 2.05) is 109 Å². The van der Waals surface area contributed by atoms with E-state index in [2.05, 4.69) is 34.6 Å². The average Bonchev–Trinajstić information content (AvgIpc) is 3.63. The van der Waals surface area contributed by atoms with Crippen molar-refractivity contribution in [2.45, 2.75) is 0 Å². The second kappa shape index (κ2) is 18.5. The summed E-state index contributed by atoms with van der Waals surface area (Å²) in [6.07, 6.45) is 14.6. The zero-order valence-corrected chi connectivity index (χ0v) is 25.9. The van der Waals surface area contributed by atoms with Crippen LogP contribution in [0.4, 0.5) is 5.95 Å². The molecule has 0 saturated heterocycles. The van der Waals surface area contributed by atoms with Gasteiger partial charge in [0.2, 0.25) is 5.95 Å². The van der Waals surface area contributed by atoms with Crippen LogP contribution in [0, 0.1) is 0 Å². The third-order valence-corrected chi connectivity index (χ3v) is 4.63. The fourth-order valence-corrected chi connectivity index (χ4v) is 3.00. The molecule has 0 unspecified atom stereocenters. The molecule has 201 valence electrons. The molecule has 0 aliphatic heterocycles. The molecule has 0 amide bonds. The summed E-state index contributed by atoms with van der Waals surface area (Å²) in [5.74, 6) is 2.78. The van der Waals surface area contributed by atoms with Crippen LogP contribution in [0.15, 0.2) is 86.0 Å². The molecule has 13 heteroatoms. The zero-order chi connectivity index (χ0) is 25.6. The maximum atomic E-state index is 4.67. The summed E-state index contributed by atoms with van der Waals surface area (Å²) < 4.78 is 5.87. The Hall–Kier alpha value is -2.76. The fraction of sp³-hybridized carbons (Fsp3) is 0.208. The van der Waals surface area contributed by atoms with Gasteiger partial charge in [0, 0.05) is 84.8 Å². The molecule has 5 heterocycles. The number of hydrogen-bond donors (Lipinski definition) is 0. The number of anilines is 1. The Morgan fingerprint density at radius 2 is 1.00 bits per heavy atom. The Balaban J connectivity index is 0.000000500. The molecule has 0 aromatic carbocycles. The molecule has 0 N–H and O–H groups in total. The summed E-state index contributed by atoms with van der Waals surface area (Å²) in [4.78, 5) is 22.8. The standard InChI is InChI=1S/2C9H9N3.C6H11N3.3ClH.Os/c2*1-12-7-6-11-9(12)8-4-2-3-5-10-8;1-8(2)6-7-4-5-9(6)3;;;;/h2*2-7H,1H3;4-5H,1-3H3;3*1H;/q;;;;;;+1/p-3. The van der Waals surface area contributed by atoms with Crippen molar-refractivity contribution in [1.82, 2.24) is 38.6 Å². The average molecular weight is 740 g/mol. The number of hydrogen-bond acceptors (Lipinski definition) is 6. The minimum atomic E-state index is 0. The number of pyridine rings is 2. The van der Waals surface area contributed by atoms with Crippen LogP contribution >= 0.6 is 9.64 Å². The summed E-state index contributed by atoms with van der Waals surface area (Å²) in [5.41, 5.74) is 1.81. The summed E-state index contributed by atoms with van der Waals surface area (Å²) in [6, 6.07) is 11.6. The molecule has 0 spiro atoms. The molecule has 0 bridgehead atoms. The van der Waals surface area contributed by atoms with Gasteiger partial charge < -0.3 is 43.4 Å². The van der Waals surface area contributed by atoms with E-state index in [0.717, 1.165) is 29.0 Å². The molecule has 0 aliphatic carbocycles. The first-order chi connectivity index (χ1) is 17.0. The van der Waals surface area contributed by atoms with Crippen molar-refractivity contribution in [2.24, 2.45) is 21.1 Å². The predicted molar refractivity (Wildman–Crippen MR) is 136 cm³/mol. The maximum absolute atomic E-state index is 4.67. The third-order valence-electron chi connectivity index (χ3n) is 4.63. The fourth-order valence-electron chi connectivity index (χ4n) is 3.00. The van der Waals surface area contributed by atoms with Crippen molar-refractivity contribution in [2.75, 3.05) is 19.0 Å².